The molecule has 0 spiro atoms. The summed E-state index contributed by atoms with van der Waals surface area (Å²) in [5.74, 6) is 0.294. The highest BCUT2D eigenvalue weighted by molar-refractivity contribution is 5.83. The van der Waals surface area contributed by atoms with Crippen LogP contribution in [-0.4, -0.2) is 58.4 Å². The number of imidazole rings is 1. The van der Waals surface area contributed by atoms with Gasteiger partial charge in [0, 0.05) is 44.0 Å². The maximum atomic E-state index is 9.99. The van der Waals surface area contributed by atoms with Gasteiger partial charge in [-0.3, -0.25) is 4.90 Å². The predicted octanol–water partition coefficient (Wildman–Crippen LogP) is 3.97. The molecule has 0 unspecified atom stereocenters. The van der Waals surface area contributed by atoms with Gasteiger partial charge in [0.2, 0.25) is 5.75 Å². The molecule has 0 saturated carbocycles. The van der Waals surface area contributed by atoms with E-state index in [4.69, 9.17) is 9.72 Å². The second-order valence-electron chi connectivity index (χ2n) is 8.08. The number of fused-ring (bicyclic) bond motifs is 1. The number of hydrogen-bond donors (Lipinski definition) is 3. The highest BCUT2D eigenvalue weighted by atomic mass is 16.5. The summed E-state index contributed by atoms with van der Waals surface area (Å²) < 4.78 is 5.14. The van der Waals surface area contributed by atoms with Crippen molar-refractivity contribution < 1.29 is 14.9 Å². The predicted molar refractivity (Wildman–Crippen MR) is 125 cm³/mol. The lowest BCUT2D eigenvalue weighted by molar-refractivity contribution is 0.250. The van der Waals surface area contributed by atoms with E-state index in [0.717, 1.165) is 49.4 Å². The van der Waals surface area contributed by atoms with Gasteiger partial charge in [0.1, 0.15) is 5.82 Å². The van der Waals surface area contributed by atoms with Gasteiger partial charge < -0.3 is 24.8 Å². The summed E-state index contributed by atoms with van der Waals surface area (Å²) >= 11 is 0. The Morgan fingerprint density at radius 3 is 2.50 bits per heavy atom. The molecule has 0 aliphatic carbocycles. The van der Waals surface area contributed by atoms with Crippen LogP contribution in [0.15, 0.2) is 60.7 Å². The van der Waals surface area contributed by atoms with Gasteiger partial charge in [0.25, 0.3) is 0 Å². The van der Waals surface area contributed by atoms with Crippen molar-refractivity contribution in [3.05, 3.63) is 66.2 Å². The van der Waals surface area contributed by atoms with Crippen molar-refractivity contribution in [2.75, 3.05) is 38.2 Å². The molecule has 3 aromatic carbocycles. The molecule has 164 valence electrons. The number of aromatic nitrogens is 2. The average molecular weight is 431 g/mol. The number of anilines is 1. The first kappa shape index (κ1) is 20.2. The van der Waals surface area contributed by atoms with Crippen LogP contribution in [0.5, 0.6) is 17.2 Å². The van der Waals surface area contributed by atoms with Gasteiger partial charge in [-0.25, -0.2) is 4.98 Å². The van der Waals surface area contributed by atoms with E-state index in [1.165, 1.54) is 18.7 Å². The number of nitrogens with zero attached hydrogens (tertiary/aromatic N) is 3. The fourth-order valence-corrected chi connectivity index (χ4v) is 4.22. The van der Waals surface area contributed by atoms with Crippen LogP contribution in [0.1, 0.15) is 5.56 Å². The number of rotatable bonds is 5. The Bertz CT molecular complexity index is 1230. The number of piperazine rings is 1. The SMILES string of the molecule is COc1cc(-c2nc3cc(N4CCN(Cc5ccccc5)CC4)ccc3[nH]2)cc(O)c1O. The van der Waals surface area contributed by atoms with Gasteiger partial charge in [-0.1, -0.05) is 30.3 Å². The molecule has 0 bridgehead atoms. The summed E-state index contributed by atoms with van der Waals surface area (Å²) in [6.45, 7) is 4.97. The number of phenolic OH excluding ortho intramolecular Hbond substituents is 2. The third-order valence-electron chi connectivity index (χ3n) is 6.00. The minimum Gasteiger partial charge on any atom is -0.504 e. The van der Waals surface area contributed by atoms with Gasteiger partial charge in [-0.2, -0.15) is 0 Å². The van der Waals surface area contributed by atoms with Gasteiger partial charge in [0.05, 0.1) is 18.1 Å². The Labute approximate surface area is 186 Å². The average Bonchev–Trinajstić information content (AvgIpc) is 3.25. The molecule has 5 rings (SSSR count). The molecular formula is C25H26N4O3. The molecule has 7 heteroatoms. The Morgan fingerprint density at radius 1 is 0.969 bits per heavy atom. The fourth-order valence-electron chi connectivity index (χ4n) is 4.22. The van der Waals surface area contributed by atoms with Crippen molar-refractivity contribution in [3.8, 4) is 28.6 Å². The van der Waals surface area contributed by atoms with Gasteiger partial charge in [-0.05, 0) is 35.9 Å². The molecule has 0 atom stereocenters. The number of H-pyrrole nitrogens is 1. The zero-order valence-corrected chi connectivity index (χ0v) is 18.0. The molecule has 1 saturated heterocycles. The van der Waals surface area contributed by atoms with Crippen molar-refractivity contribution in [1.82, 2.24) is 14.9 Å². The summed E-state index contributed by atoms with van der Waals surface area (Å²) in [7, 11) is 1.45. The van der Waals surface area contributed by atoms with Crippen LogP contribution in [0.25, 0.3) is 22.4 Å². The van der Waals surface area contributed by atoms with Crippen molar-refractivity contribution in [2.45, 2.75) is 6.54 Å². The molecule has 2 heterocycles. The molecule has 4 aromatic rings. The molecule has 7 nitrogen and oxygen atoms in total. The summed E-state index contributed by atoms with van der Waals surface area (Å²) in [6.07, 6.45) is 0. The third kappa shape index (κ3) is 3.94. The molecule has 1 fully saturated rings. The van der Waals surface area contributed by atoms with E-state index < -0.39 is 0 Å². The normalized spacial score (nSPS) is 14.7. The first-order chi connectivity index (χ1) is 15.6. The Balaban J connectivity index is 1.32. The number of nitrogens with one attached hydrogen (secondary N) is 1. The van der Waals surface area contributed by atoms with Gasteiger partial charge in [0.15, 0.2) is 11.5 Å². The number of benzene rings is 3. The molecule has 1 aliphatic rings. The maximum absolute atomic E-state index is 9.99. The summed E-state index contributed by atoms with van der Waals surface area (Å²) in [4.78, 5) is 12.9. The van der Waals surface area contributed by atoms with E-state index in [2.05, 4.69) is 57.2 Å². The van der Waals surface area contributed by atoms with Crippen molar-refractivity contribution >= 4 is 16.7 Å². The summed E-state index contributed by atoms with van der Waals surface area (Å²) in [5.41, 5.74) is 4.92. The molecule has 0 amide bonds. The van der Waals surface area contributed by atoms with E-state index in [1.807, 2.05) is 6.07 Å². The third-order valence-corrected chi connectivity index (χ3v) is 6.00. The zero-order chi connectivity index (χ0) is 22.1. The topological polar surface area (TPSA) is 84.9 Å². The van der Waals surface area contributed by atoms with E-state index in [0.29, 0.717) is 11.4 Å². The smallest absolute Gasteiger partial charge is 0.200 e. The molecule has 1 aromatic heterocycles. The number of hydrogen-bond acceptors (Lipinski definition) is 6. The summed E-state index contributed by atoms with van der Waals surface area (Å²) in [6, 6.07) is 20.0. The van der Waals surface area contributed by atoms with Crippen LogP contribution >= 0.6 is 0 Å². The quantitative estimate of drug-likeness (QED) is 0.416. The van der Waals surface area contributed by atoms with Gasteiger partial charge >= 0.3 is 0 Å². The van der Waals surface area contributed by atoms with Gasteiger partial charge in [-0.15, -0.1) is 0 Å². The van der Waals surface area contributed by atoms with Crippen LogP contribution in [0.4, 0.5) is 5.69 Å². The lowest BCUT2D eigenvalue weighted by Gasteiger charge is -2.36. The maximum Gasteiger partial charge on any atom is 0.200 e. The first-order valence-corrected chi connectivity index (χ1v) is 10.7. The van der Waals surface area contributed by atoms with Crippen LogP contribution in [-0.2, 0) is 6.54 Å². The highest BCUT2D eigenvalue weighted by Crippen LogP contribution is 2.39. The largest absolute Gasteiger partial charge is 0.504 e. The lowest BCUT2D eigenvalue weighted by Crippen LogP contribution is -2.45. The van der Waals surface area contributed by atoms with E-state index >= 15 is 0 Å². The minimum absolute atomic E-state index is 0.203. The molecule has 1 aliphatic heterocycles. The van der Waals surface area contributed by atoms with Crippen molar-refractivity contribution in [1.29, 1.82) is 0 Å². The first-order valence-electron chi connectivity index (χ1n) is 10.7. The molecule has 3 N–H and O–H groups in total. The van der Waals surface area contributed by atoms with Crippen molar-refractivity contribution in [2.24, 2.45) is 0 Å². The Kier molecular flexibility index (Phi) is 5.33. The Hall–Kier alpha value is -3.71. The van der Waals surface area contributed by atoms with E-state index in [1.54, 1.807) is 6.07 Å². The van der Waals surface area contributed by atoms with Crippen LogP contribution < -0.4 is 9.64 Å². The number of phenols is 2. The lowest BCUT2D eigenvalue weighted by atomic mass is 10.1. The van der Waals surface area contributed by atoms with Crippen LogP contribution in [0.2, 0.25) is 0 Å². The fraction of sp³-hybridized carbons (Fsp3) is 0.240. The molecular weight excluding hydrogens is 404 g/mol. The number of aromatic hydroxyl groups is 2. The standard InChI is InChI=1S/C25H26N4O3/c1-32-23-14-18(13-22(30)24(23)31)25-26-20-8-7-19(15-21(20)27-25)29-11-9-28(10-12-29)16-17-5-3-2-4-6-17/h2-8,13-15,30-31H,9-12,16H2,1H3,(H,26,27). The molecule has 32 heavy (non-hydrogen) atoms. The minimum atomic E-state index is -0.277. The highest BCUT2D eigenvalue weighted by Gasteiger charge is 2.19. The van der Waals surface area contributed by atoms with E-state index in [9.17, 15) is 10.2 Å². The van der Waals surface area contributed by atoms with Crippen LogP contribution in [0, 0.1) is 0 Å². The molecule has 0 radical (unpaired) electrons. The second kappa shape index (κ2) is 8.43. The zero-order valence-electron chi connectivity index (χ0n) is 18.0. The number of ether oxygens (including phenoxy) is 1. The van der Waals surface area contributed by atoms with Crippen LogP contribution in [0.3, 0.4) is 0 Å². The van der Waals surface area contributed by atoms with E-state index in [-0.39, 0.29) is 17.2 Å². The van der Waals surface area contributed by atoms with Crippen molar-refractivity contribution in [3.63, 3.8) is 0 Å². The Morgan fingerprint density at radius 2 is 1.75 bits per heavy atom. The summed E-state index contributed by atoms with van der Waals surface area (Å²) in [5, 5.41) is 19.9. The number of aromatic amines is 1. The number of methoxy groups -OCH3 is 1. The monoisotopic (exact) mass is 430 g/mol. The second-order valence-corrected chi connectivity index (χ2v) is 8.08.